The number of carbonyl (C=O) groups excluding carboxylic acids is 2. The average molecular weight is 537 g/mol. The van der Waals surface area contributed by atoms with Gasteiger partial charge in [0.2, 0.25) is 6.29 Å². The van der Waals surface area contributed by atoms with Gasteiger partial charge in [-0.2, -0.15) is 0 Å². The van der Waals surface area contributed by atoms with Crippen molar-refractivity contribution in [2.75, 3.05) is 13.7 Å². The summed E-state index contributed by atoms with van der Waals surface area (Å²) in [4.78, 5) is 24.1. The maximum Gasteiger partial charge on any atom is 0.341 e. The average Bonchev–Trinajstić information content (AvgIpc) is 2.85. The van der Waals surface area contributed by atoms with Gasteiger partial charge in [0.05, 0.1) is 18.8 Å². The standard InChI is InChI=1S/C22H24O12.C4H8/c1-9-16(8-32-20(29)10-5-14(24)18(27)15(25)6-10)34-22(19(28)17(9)26)33-11-3-4-13(23)12(7-11)21(30)31-2;1-2-4-3-1/h3-7,9,16-17,19,22-28H,8H2,1-2H3;1-4H2. The van der Waals surface area contributed by atoms with Crippen LogP contribution in [0.15, 0.2) is 30.3 Å². The van der Waals surface area contributed by atoms with Crippen molar-refractivity contribution in [3.05, 3.63) is 41.5 Å². The van der Waals surface area contributed by atoms with Crippen LogP contribution in [0.4, 0.5) is 0 Å². The molecule has 2 aromatic carbocycles. The third kappa shape index (κ3) is 6.77. The largest absolute Gasteiger partial charge is 0.507 e. The monoisotopic (exact) mass is 536 g/mol. The zero-order chi connectivity index (χ0) is 28.0. The molecule has 12 nitrogen and oxygen atoms in total. The molecule has 1 aliphatic carbocycles. The number of hydrogen-bond donors (Lipinski definition) is 6. The number of hydrogen-bond acceptors (Lipinski definition) is 12. The van der Waals surface area contributed by atoms with E-state index in [9.17, 15) is 40.2 Å². The molecule has 6 N–H and O–H groups in total. The van der Waals surface area contributed by atoms with Crippen LogP contribution >= 0.6 is 0 Å². The van der Waals surface area contributed by atoms with Crippen LogP contribution in [0.25, 0.3) is 0 Å². The molecule has 2 aromatic rings. The molecular formula is C26H32O12. The Morgan fingerprint density at radius 1 is 0.895 bits per heavy atom. The molecule has 0 bridgehead atoms. The number of rotatable bonds is 6. The number of ether oxygens (including phenoxy) is 4. The number of benzene rings is 2. The molecule has 1 saturated heterocycles. The third-order valence-electron chi connectivity index (χ3n) is 6.37. The van der Waals surface area contributed by atoms with Crippen LogP contribution in [0.5, 0.6) is 28.7 Å². The van der Waals surface area contributed by atoms with Gasteiger partial charge in [-0.3, -0.25) is 0 Å². The van der Waals surface area contributed by atoms with Crippen LogP contribution in [0.2, 0.25) is 0 Å². The van der Waals surface area contributed by atoms with E-state index in [1.165, 1.54) is 43.9 Å². The topological polar surface area (TPSA) is 192 Å². The van der Waals surface area contributed by atoms with Crippen LogP contribution in [0, 0.1) is 5.92 Å². The van der Waals surface area contributed by atoms with E-state index in [0.29, 0.717) is 0 Å². The Hall–Kier alpha value is -3.74. The first-order chi connectivity index (χ1) is 18.0. The number of carbonyl (C=O) groups is 2. The highest BCUT2D eigenvalue weighted by molar-refractivity contribution is 5.92. The Labute approximate surface area is 218 Å². The van der Waals surface area contributed by atoms with Crippen molar-refractivity contribution in [1.29, 1.82) is 0 Å². The second-order valence-electron chi connectivity index (χ2n) is 9.05. The Morgan fingerprint density at radius 3 is 2.05 bits per heavy atom. The van der Waals surface area contributed by atoms with Crippen LogP contribution in [0.1, 0.15) is 53.3 Å². The van der Waals surface area contributed by atoms with Crippen LogP contribution < -0.4 is 4.74 Å². The highest BCUT2D eigenvalue weighted by atomic mass is 16.7. The summed E-state index contributed by atoms with van der Waals surface area (Å²) in [6, 6.07) is 5.45. The molecule has 12 heteroatoms. The Bertz CT molecular complexity index is 1100. The SMILES string of the molecule is C1CCC1.COC(=O)c1cc(OC2OC(COC(=O)c3cc(O)c(O)c(O)c3)C(C)C(O)C2O)ccc1O. The lowest BCUT2D eigenvalue weighted by molar-refractivity contribution is -0.260. The maximum atomic E-state index is 12.3. The molecule has 4 rings (SSSR count). The minimum Gasteiger partial charge on any atom is -0.507 e. The molecule has 0 aromatic heterocycles. The van der Waals surface area contributed by atoms with Crippen molar-refractivity contribution < 1.29 is 59.2 Å². The van der Waals surface area contributed by atoms with Gasteiger partial charge < -0.3 is 49.6 Å². The first kappa shape index (κ1) is 28.8. The van der Waals surface area contributed by atoms with Crippen molar-refractivity contribution in [3.8, 4) is 28.7 Å². The van der Waals surface area contributed by atoms with E-state index in [1.54, 1.807) is 6.92 Å². The van der Waals surface area contributed by atoms with E-state index in [-0.39, 0.29) is 22.6 Å². The number of methoxy groups -OCH3 is 1. The summed E-state index contributed by atoms with van der Waals surface area (Å²) in [5.41, 5.74) is -0.436. The molecule has 2 fully saturated rings. The van der Waals surface area contributed by atoms with Crippen LogP contribution in [0.3, 0.4) is 0 Å². The van der Waals surface area contributed by atoms with Crippen molar-refractivity contribution >= 4 is 11.9 Å². The van der Waals surface area contributed by atoms with Gasteiger partial charge in [-0.1, -0.05) is 32.6 Å². The highest BCUT2D eigenvalue weighted by Crippen LogP contribution is 2.36. The molecule has 0 spiro atoms. The predicted octanol–water partition coefficient (Wildman–Crippen LogP) is 2.17. The molecule has 2 aliphatic rings. The van der Waals surface area contributed by atoms with Gasteiger partial charge in [-0.05, 0) is 30.3 Å². The fourth-order valence-electron chi connectivity index (χ4n) is 3.57. The minimum atomic E-state index is -1.50. The summed E-state index contributed by atoms with van der Waals surface area (Å²) in [6.45, 7) is 1.16. The van der Waals surface area contributed by atoms with Gasteiger partial charge in [0.25, 0.3) is 0 Å². The Kier molecular flexibility index (Phi) is 9.61. The first-order valence-corrected chi connectivity index (χ1v) is 12.0. The third-order valence-corrected chi connectivity index (χ3v) is 6.37. The molecule has 0 radical (unpaired) electrons. The predicted molar refractivity (Wildman–Crippen MR) is 130 cm³/mol. The van der Waals surface area contributed by atoms with Gasteiger partial charge in [0, 0.05) is 5.92 Å². The fraction of sp³-hybridized carbons (Fsp3) is 0.462. The molecule has 5 unspecified atom stereocenters. The summed E-state index contributed by atoms with van der Waals surface area (Å²) >= 11 is 0. The van der Waals surface area contributed by atoms with Crippen LogP contribution in [-0.4, -0.2) is 80.9 Å². The Balaban J connectivity index is 0.000000912. The highest BCUT2D eigenvalue weighted by Gasteiger charge is 2.44. The second kappa shape index (κ2) is 12.7. The summed E-state index contributed by atoms with van der Waals surface area (Å²) in [5.74, 6) is -5.04. The number of aromatic hydroxyl groups is 4. The number of aliphatic hydroxyl groups excluding tert-OH is 2. The summed E-state index contributed by atoms with van der Waals surface area (Å²) in [6.07, 6.45) is 0.806. The number of phenols is 4. The molecule has 5 atom stereocenters. The van der Waals surface area contributed by atoms with Gasteiger partial charge in [-0.25, -0.2) is 9.59 Å². The van der Waals surface area contributed by atoms with Crippen molar-refractivity contribution in [3.63, 3.8) is 0 Å². The molecule has 38 heavy (non-hydrogen) atoms. The molecule has 208 valence electrons. The summed E-state index contributed by atoms with van der Waals surface area (Å²) < 4.78 is 20.9. The molecule has 1 heterocycles. The molecule has 1 aliphatic heterocycles. The molecule has 1 saturated carbocycles. The number of esters is 2. The summed E-state index contributed by atoms with van der Waals surface area (Å²) in [7, 11) is 1.13. The number of aliphatic hydroxyl groups is 2. The van der Waals surface area contributed by atoms with E-state index in [2.05, 4.69) is 4.74 Å². The quantitative estimate of drug-likeness (QED) is 0.233. The van der Waals surface area contributed by atoms with E-state index >= 15 is 0 Å². The lowest BCUT2D eigenvalue weighted by Gasteiger charge is -2.40. The van der Waals surface area contributed by atoms with Gasteiger partial charge in [-0.15, -0.1) is 0 Å². The van der Waals surface area contributed by atoms with E-state index < -0.39 is 66.3 Å². The normalized spacial score (nSPS) is 24.3. The van der Waals surface area contributed by atoms with Gasteiger partial charge in [0.1, 0.15) is 35.9 Å². The zero-order valence-corrected chi connectivity index (χ0v) is 20.9. The number of phenolic OH excluding ortho intramolecular Hbond substituents is 4. The van der Waals surface area contributed by atoms with E-state index in [4.69, 9.17) is 14.2 Å². The van der Waals surface area contributed by atoms with Gasteiger partial charge in [0.15, 0.2) is 17.2 Å². The smallest absolute Gasteiger partial charge is 0.341 e. The lowest BCUT2D eigenvalue weighted by atomic mass is 9.91. The summed E-state index contributed by atoms with van der Waals surface area (Å²) in [5, 5.41) is 59.1. The lowest BCUT2D eigenvalue weighted by Crippen LogP contribution is -2.56. The Morgan fingerprint density at radius 2 is 1.50 bits per heavy atom. The van der Waals surface area contributed by atoms with Gasteiger partial charge >= 0.3 is 11.9 Å². The molecule has 0 amide bonds. The second-order valence-corrected chi connectivity index (χ2v) is 9.05. The van der Waals surface area contributed by atoms with Crippen LogP contribution in [-0.2, 0) is 14.2 Å². The molecular weight excluding hydrogens is 504 g/mol. The maximum absolute atomic E-state index is 12.3. The van der Waals surface area contributed by atoms with Crippen molar-refractivity contribution in [2.24, 2.45) is 5.92 Å². The first-order valence-electron chi connectivity index (χ1n) is 12.0. The zero-order valence-electron chi connectivity index (χ0n) is 20.9. The van der Waals surface area contributed by atoms with E-state index in [1.807, 2.05) is 0 Å². The minimum absolute atomic E-state index is 0.0230. The fourth-order valence-corrected chi connectivity index (χ4v) is 3.57. The van der Waals surface area contributed by atoms with Crippen molar-refractivity contribution in [1.82, 2.24) is 0 Å². The van der Waals surface area contributed by atoms with Crippen molar-refractivity contribution in [2.45, 2.75) is 57.2 Å². The van der Waals surface area contributed by atoms with E-state index in [0.717, 1.165) is 19.2 Å².